The van der Waals surface area contributed by atoms with Gasteiger partial charge in [0.2, 0.25) is 0 Å². The van der Waals surface area contributed by atoms with Gasteiger partial charge in [-0.3, -0.25) is 5.32 Å². The van der Waals surface area contributed by atoms with Gasteiger partial charge in [-0.1, -0.05) is 41.1 Å². The molecule has 0 aliphatic carbocycles. The first-order chi connectivity index (χ1) is 14.9. The van der Waals surface area contributed by atoms with Gasteiger partial charge in [0, 0.05) is 16.2 Å². The Labute approximate surface area is 189 Å². The number of hydrogen-bond acceptors (Lipinski definition) is 5. The fourth-order valence-corrected chi connectivity index (χ4v) is 3.18. The predicted octanol–water partition coefficient (Wildman–Crippen LogP) is 5.17. The summed E-state index contributed by atoms with van der Waals surface area (Å²) in [5, 5.41) is 20.3. The number of carboxylic acid groups (broad SMARTS) is 1. The Morgan fingerprint density at radius 1 is 1.13 bits per heavy atom. The molecule has 0 heterocycles. The van der Waals surface area contributed by atoms with Gasteiger partial charge in [0.25, 0.3) is 0 Å². The Hall–Kier alpha value is -2.84. The van der Waals surface area contributed by atoms with Crippen LogP contribution in [0.5, 0.6) is 5.75 Å². The van der Waals surface area contributed by atoms with Gasteiger partial charge in [-0.05, 0) is 60.7 Å². The highest BCUT2D eigenvalue weighted by Crippen LogP contribution is 2.31. The van der Waals surface area contributed by atoms with E-state index in [-0.39, 0.29) is 19.1 Å². The van der Waals surface area contributed by atoms with Crippen LogP contribution in [-0.2, 0) is 9.53 Å². The molecule has 0 unspecified atom stereocenters. The molecule has 31 heavy (non-hydrogen) atoms. The Morgan fingerprint density at radius 3 is 2.42 bits per heavy atom. The molecular weight excluding hydrogens is 466 g/mol. The van der Waals surface area contributed by atoms with Crippen molar-refractivity contribution in [2.45, 2.75) is 25.9 Å². The van der Waals surface area contributed by atoms with E-state index in [9.17, 15) is 9.59 Å². The van der Waals surface area contributed by atoms with E-state index in [4.69, 9.17) is 19.7 Å². The number of aliphatic hydroxyl groups is 1. The highest BCUT2D eigenvalue weighted by atomic mass is 79.9. The van der Waals surface area contributed by atoms with E-state index < -0.39 is 18.2 Å². The van der Waals surface area contributed by atoms with Gasteiger partial charge in [-0.25, -0.2) is 9.59 Å². The minimum atomic E-state index is -0.993. The summed E-state index contributed by atoms with van der Waals surface area (Å²) in [6.45, 7) is 2.06. The van der Waals surface area contributed by atoms with Crippen molar-refractivity contribution < 1.29 is 29.3 Å². The number of carbonyl (C=O) groups excluding carboxylic acids is 1. The summed E-state index contributed by atoms with van der Waals surface area (Å²) in [5.41, 5.74) is 1.40. The molecule has 1 amide bonds. The summed E-state index contributed by atoms with van der Waals surface area (Å²) < 4.78 is 12.0. The molecule has 0 saturated heterocycles. The van der Waals surface area contributed by atoms with Gasteiger partial charge in [0.05, 0.1) is 6.61 Å². The maximum atomic E-state index is 12.5. The molecule has 0 aromatic heterocycles. The first kappa shape index (κ1) is 24.4. The molecule has 0 aliphatic rings. The zero-order chi connectivity index (χ0) is 22.6. The third kappa shape index (κ3) is 8.82. The van der Waals surface area contributed by atoms with Gasteiger partial charge >= 0.3 is 12.1 Å². The fraction of sp³-hybridized carbons (Fsp3) is 0.304. The monoisotopic (exact) mass is 491 g/mol. The third-order valence-corrected chi connectivity index (χ3v) is 4.99. The molecule has 2 rings (SSSR count). The van der Waals surface area contributed by atoms with Crippen molar-refractivity contribution in [2.75, 3.05) is 18.5 Å². The fourth-order valence-electron chi connectivity index (χ4n) is 2.92. The average Bonchev–Trinajstić information content (AvgIpc) is 2.75. The molecular formula is C23H26BrNO6. The second-order valence-corrected chi connectivity index (χ2v) is 7.81. The summed E-state index contributed by atoms with van der Waals surface area (Å²) >= 11 is 3.35. The highest BCUT2D eigenvalue weighted by Gasteiger charge is 2.23. The van der Waals surface area contributed by atoms with Crippen LogP contribution in [0.15, 0.2) is 65.2 Å². The largest absolute Gasteiger partial charge is 0.491 e. The normalized spacial score (nSPS) is 12.9. The van der Waals surface area contributed by atoms with Gasteiger partial charge < -0.3 is 19.7 Å². The summed E-state index contributed by atoms with van der Waals surface area (Å²) in [6.07, 6.45) is 2.74. The number of amides is 1. The number of hydrogen-bond donors (Lipinski definition) is 3. The van der Waals surface area contributed by atoms with Crippen LogP contribution < -0.4 is 10.1 Å². The second-order valence-electron chi connectivity index (χ2n) is 6.89. The minimum absolute atomic E-state index is 0.0710. The first-order valence-electron chi connectivity index (χ1n) is 9.85. The first-order valence-corrected chi connectivity index (χ1v) is 10.6. The zero-order valence-corrected chi connectivity index (χ0v) is 18.7. The number of allylic oxidation sites excluding steroid dienone is 1. The number of benzene rings is 2. The maximum absolute atomic E-state index is 12.5. The number of aliphatic carboxylic acids is 1. The number of nitrogens with one attached hydrogen (secondary N) is 1. The molecule has 7 nitrogen and oxygen atoms in total. The third-order valence-electron chi connectivity index (χ3n) is 4.46. The smallest absolute Gasteiger partial charge is 0.412 e. The topological polar surface area (TPSA) is 105 Å². The maximum Gasteiger partial charge on any atom is 0.412 e. The van der Waals surface area contributed by atoms with Crippen LogP contribution in [0.2, 0.25) is 0 Å². The number of carbonyl (C=O) groups is 2. The van der Waals surface area contributed by atoms with Crippen molar-refractivity contribution in [3.63, 3.8) is 0 Å². The summed E-state index contributed by atoms with van der Waals surface area (Å²) in [5.74, 6) is -0.459. The number of rotatable bonds is 11. The SMILES string of the molecule is C[C@H](CC/C=C/C(=O)O)[C@@H](OC(=O)Nc1ccc(Br)cc1)c1ccc(OCCO)cc1. The van der Waals surface area contributed by atoms with E-state index in [0.29, 0.717) is 24.3 Å². The van der Waals surface area contributed by atoms with Crippen molar-refractivity contribution in [1.29, 1.82) is 0 Å². The Morgan fingerprint density at radius 2 is 1.81 bits per heavy atom. The standard InChI is InChI=1S/C23H26BrNO6/c1-16(4-2-3-5-21(27)28)22(17-6-12-20(13-7-17)30-15-14-26)31-23(29)25-19-10-8-18(24)9-11-19/h3,5-13,16,22,26H,2,4,14-15H2,1H3,(H,25,29)(H,27,28)/b5-3+/t16-,22-/m1/s1. The number of halogens is 1. The van der Waals surface area contributed by atoms with Crippen molar-refractivity contribution in [3.8, 4) is 5.75 Å². The number of carboxylic acids is 1. The van der Waals surface area contributed by atoms with Crippen LogP contribution in [-0.4, -0.2) is 35.5 Å². The van der Waals surface area contributed by atoms with E-state index in [1.165, 1.54) is 0 Å². The Balaban J connectivity index is 2.11. The van der Waals surface area contributed by atoms with Gasteiger partial charge in [0.1, 0.15) is 18.5 Å². The molecule has 8 heteroatoms. The number of anilines is 1. The summed E-state index contributed by atoms with van der Waals surface area (Å²) in [7, 11) is 0. The summed E-state index contributed by atoms with van der Waals surface area (Å²) in [6, 6.07) is 14.3. The summed E-state index contributed by atoms with van der Waals surface area (Å²) in [4.78, 5) is 23.2. The lowest BCUT2D eigenvalue weighted by atomic mass is 9.93. The molecule has 0 saturated carbocycles. The molecule has 0 aliphatic heterocycles. The van der Waals surface area contributed by atoms with Crippen LogP contribution in [0, 0.1) is 5.92 Å². The van der Waals surface area contributed by atoms with Crippen LogP contribution >= 0.6 is 15.9 Å². The Kier molecular flexibility index (Phi) is 10.1. The number of ether oxygens (including phenoxy) is 2. The lowest BCUT2D eigenvalue weighted by Gasteiger charge is -2.25. The van der Waals surface area contributed by atoms with E-state index in [2.05, 4.69) is 21.2 Å². The van der Waals surface area contributed by atoms with Crippen LogP contribution in [0.4, 0.5) is 10.5 Å². The molecule has 2 aromatic carbocycles. The zero-order valence-electron chi connectivity index (χ0n) is 17.2. The minimum Gasteiger partial charge on any atom is -0.491 e. The lowest BCUT2D eigenvalue weighted by Crippen LogP contribution is -2.22. The number of aliphatic hydroxyl groups excluding tert-OH is 1. The van der Waals surface area contributed by atoms with Crippen LogP contribution in [0.3, 0.4) is 0 Å². The molecule has 2 aromatic rings. The second kappa shape index (κ2) is 12.8. The average molecular weight is 492 g/mol. The van der Waals surface area contributed by atoms with Gasteiger partial charge in [0.15, 0.2) is 0 Å². The molecule has 0 bridgehead atoms. The molecule has 2 atom stereocenters. The quantitative estimate of drug-likeness (QED) is 0.374. The Bertz CT molecular complexity index is 867. The van der Waals surface area contributed by atoms with Gasteiger partial charge in [-0.15, -0.1) is 0 Å². The van der Waals surface area contributed by atoms with E-state index in [1.54, 1.807) is 30.3 Å². The van der Waals surface area contributed by atoms with Crippen LogP contribution in [0.25, 0.3) is 0 Å². The van der Waals surface area contributed by atoms with E-state index >= 15 is 0 Å². The molecule has 166 valence electrons. The van der Waals surface area contributed by atoms with Crippen molar-refractivity contribution in [1.82, 2.24) is 0 Å². The van der Waals surface area contributed by atoms with Gasteiger partial charge in [-0.2, -0.15) is 0 Å². The molecule has 0 fully saturated rings. The predicted molar refractivity (Wildman–Crippen MR) is 121 cm³/mol. The van der Waals surface area contributed by atoms with Crippen molar-refractivity contribution in [2.24, 2.45) is 5.92 Å². The molecule has 3 N–H and O–H groups in total. The molecule has 0 spiro atoms. The molecule has 0 radical (unpaired) electrons. The van der Waals surface area contributed by atoms with Crippen molar-refractivity contribution in [3.05, 3.63) is 70.7 Å². The van der Waals surface area contributed by atoms with E-state index in [1.807, 2.05) is 31.2 Å². The lowest BCUT2D eigenvalue weighted by molar-refractivity contribution is -0.131. The van der Waals surface area contributed by atoms with E-state index in [0.717, 1.165) is 16.1 Å². The van der Waals surface area contributed by atoms with Crippen molar-refractivity contribution >= 4 is 33.7 Å². The highest BCUT2D eigenvalue weighted by molar-refractivity contribution is 9.10. The van der Waals surface area contributed by atoms with Crippen LogP contribution in [0.1, 0.15) is 31.4 Å².